The largest absolute Gasteiger partial charge is 0.310 e. The normalized spacial score (nSPS) is 16.5. The molecule has 1 atom stereocenters. The molecule has 0 spiro atoms. The lowest BCUT2D eigenvalue weighted by atomic mass is 9.91. The maximum Gasteiger partial charge on any atom is 0.0317 e. The van der Waals surface area contributed by atoms with Gasteiger partial charge in [0.25, 0.3) is 0 Å². The number of allylic oxidation sites excluding steroid dienone is 1. The van der Waals surface area contributed by atoms with Gasteiger partial charge in [0.05, 0.1) is 0 Å². The third kappa shape index (κ3) is 5.81. The lowest BCUT2D eigenvalue weighted by Gasteiger charge is -2.23. The third-order valence-corrected chi connectivity index (χ3v) is 4.78. The number of rotatable bonds is 10. The van der Waals surface area contributed by atoms with Crippen LogP contribution in [-0.4, -0.2) is 12.6 Å². The molecule has 1 aromatic rings. The number of hydrogen-bond acceptors (Lipinski definition) is 1. The van der Waals surface area contributed by atoms with Crippen LogP contribution in [0.25, 0.3) is 0 Å². The van der Waals surface area contributed by atoms with E-state index < -0.39 is 0 Å². The summed E-state index contributed by atoms with van der Waals surface area (Å²) in [5.74, 6) is 0.876. The summed E-state index contributed by atoms with van der Waals surface area (Å²) in [5.41, 5.74) is 2.80. The van der Waals surface area contributed by atoms with Crippen LogP contribution in [0.15, 0.2) is 55.1 Å². The van der Waals surface area contributed by atoms with E-state index in [4.69, 9.17) is 0 Å². The third-order valence-electron chi connectivity index (χ3n) is 4.78. The molecule has 0 aromatic heterocycles. The molecular formula is C21H31N. The monoisotopic (exact) mass is 297 g/mol. The standard InChI is InChI=1S/C21H31N/c1-3-4-10-15-22-21(17-20-11-6-5-7-12-20)18(2)16-19-13-8-9-14-19/h3,5-7,11-12,19,21-22H,1-2,4,8-10,13-17H2. The van der Waals surface area contributed by atoms with Crippen molar-refractivity contribution >= 4 is 0 Å². The van der Waals surface area contributed by atoms with Crippen LogP contribution in [0.2, 0.25) is 0 Å². The zero-order chi connectivity index (χ0) is 15.6. The molecule has 1 nitrogen and oxygen atoms in total. The molecular weight excluding hydrogens is 266 g/mol. The molecule has 1 saturated carbocycles. The van der Waals surface area contributed by atoms with Crippen LogP contribution in [0, 0.1) is 5.92 Å². The van der Waals surface area contributed by atoms with Crippen LogP contribution < -0.4 is 5.32 Å². The number of unbranched alkanes of at least 4 members (excludes halogenated alkanes) is 1. The topological polar surface area (TPSA) is 12.0 Å². The van der Waals surface area contributed by atoms with Crippen molar-refractivity contribution in [3.63, 3.8) is 0 Å². The van der Waals surface area contributed by atoms with E-state index in [1.54, 1.807) is 0 Å². The van der Waals surface area contributed by atoms with Crippen molar-refractivity contribution in [2.24, 2.45) is 5.92 Å². The zero-order valence-corrected chi connectivity index (χ0v) is 13.9. The van der Waals surface area contributed by atoms with Gasteiger partial charge in [-0.15, -0.1) is 6.58 Å². The number of hydrogen-bond donors (Lipinski definition) is 1. The Morgan fingerprint density at radius 1 is 1.23 bits per heavy atom. The number of benzene rings is 1. The van der Waals surface area contributed by atoms with Gasteiger partial charge in [-0.2, -0.15) is 0 Å². The predicted molar refractivity (Wildman–Crippen MR) is 97.1 cm³/mol. The van der Waals surface area contributed by atoms with Gasteiger partial charge in [-0.3, -0.25) is 0 Å². The van der Waals surface area contributed by atoms with Gasteiger partial charge >= 0.3 is 0 Å². The minimum atomic E-state index is 0.410. The van der Waals surface area contributed by atoms with Gasteiger partial charge < -0.3 is 5.32 Å². The summed E-state index contributed by atoms with van der Waals surface area (Å²) < 4.78 is 0. The van der Waals surface area contributed by atoms with E-state index in [1.807, 2.05) is 6.08 Å². The molecule has 1 aliphatic rings. The van der Waals surface area contributed by atoms with Gasteiger partial charge in [-0.05, 0) is 43.7 Å². The second-order valence-electron chi connectivity index (χ2n) is 6.64. The smallest absolute Gasteiger partial charge is 0.0317 e. The van der Waals surface area contributed by atoms with E-state index in [2.05, 4.69) is 48.8 Å². The summed E-state index contributed by atoms with van der Waals surface area (Å²) in [4.78, 5) is 0. The minimum Gasteiger partial charge on any atom is -0.310 e. The first-order chi connectivity index (χ1) is 10.8. The zero-order valence-electron chi connectivity index (χ0n) is 13.9. The van der Waals surface area contributed by atoms with E-state index in [0.717, 1.165) is 31.7 Å². The Morgan fingerprint density at radius 3 is 2.64 bits per heavy atom. The summed E-state index contributed by atoms with van der Waals surface area (Å²) in [6, 6.07) is 11.2. The molecule has 0 saturated heterocycles. The van der Waals surface area contributed by atoms with Crippen molar-refractivity contribution in [3.8, 4) is 0 Å². The van der Waals surface area contributed by atoms with Gasteiger partial charge in [0.2, 0.25) is 0 Å². The predicted octanol–water partition coefficient (Wildman–Crippen LogP) is 5.29. The van der Waals surface area contributed by atoms with Crippen molar-refractivity contribution < 1.29 is 0 Å². The lowest BCUT2D eigenvalue weighted by molar-refractivity contribution is 0.483. The maximum atomic E-state index is 4.43. The summed E-state index contributed by atoms with van der Waals surface area (Å²) in [5, 5.41) is 3.73. The molecule has 1 unspecified atom stereocenters. The summed E-state index contributed by atoms with van der Waals surface area (Å²) >= 11 is 0. The van der Waals surface area contributed by atoms with Crippen LogP contribution in [0.5, 0.6) is 0 Å². The highest BCUT2D eigenvalue weighted by atomic mass is 14.9. The Balaban J connectivity index is 1.90. The molecule has 0 heterocycles. The summed E-state index contributed by atoms with van der Waals surface area (Å²) in [6.45, 7) is 9.28. The average molecular weight is 297 g/mol. The molecule has 1 fully saturated rings. The van der Waals surface area contributed by atoms with Crippen molar-refractivity contribution in [2.45, 2.75) is 57.4 Å². The average Bonchev–Trinajstić information content (AvgIpc) is 3.04. The van der Waals surface area contributed by atoms with Gasteiger partial charge in [-0.25, -0.2) is 0 Å². The second kappa shape index (κ2) is 9.63. The van der Waals surface area contributed by atoms with Crippen molar-refractivity contribution in [1.82, 2.24) is 5.32 Å². The molecule has 120 valence electrons. The van der Waals surface area contributed by atoms with Crippen LogP contribution in [0.3, 0.4) is 0 Å². The SMILES string of the molecule is C=CCCCNC(Cc1ccccc1)C(=C)CC1CCCC1. The first-order valence-corrected chi connectivity index (χ1v) is 8.85. The lowest BCUT2D eigenvalue weighted by Crippen LogP contribution is -2.34. The first kappa shape index (κ1) is 17.0. The van der Waals surface area contributed by atoms with Crippen LogP contribution in [0.4, 0.5) is 0 Å². The fraction of sp³-hybridized carbons (Fsp3) is 0.524. The molecule has 0 aliphatic heterocycles. The van der Waals surface area contributed by atoms with Gasteiger partial charge in [0, 0.05) is 6.04 Å². The quantitative estimate of drug-likeness (QED) is 0.457. The highest BCUT2D eigenvalue weighted by Gasteiger charge is 2.20. The van der Waals surface area contributed by atoms with Crippen molar-refractivity contribution in [3.05, 3.63) is 60.7 Å². The van der Waals surface area contributed by atoms with E-state index in [0.29, 0.717) is 6.04 Å². The molecule has 0 amide bonds. The molecule has 1 N–H and O–H groups in total. The van der Waals surface area contributed by atoms with Gasteiger partial charge in [0.15, 0.2) is 0 Å². The Bertz CT molecular complexity index is 442. The molecule has 1 heteroatoms. The van der Waals surface area contributed by atoms with Crippen LogP contribution in [0.1, 0.15) is 50.5 Å². The van der Waals surface area contributed by atoms with Gasteiger partial charge in [0.1, 0.15) is 0 Å². The summed E-state index contributed by atoms with van der Waals surface area (Å²) in [6.07, 6.45) is 12.1. The Morgan fingerprint density at radius 2 is 1.95 bits per heavy atom. The highest BCUT2D eigenvalue weighted by Crippen LogP contribution is 2.31. The Labute approximate surface area is 136 Å². The van der Waals surface area contributed by atoms with E-state index in [-0.39, 0.29) is 0 Å². The van der Waals surface area contributed by atoms with Crippen LogP contribution >= 0.6 is 0 Å². The molecule has 1 aliphatic carbocycles. The second-order valence-corrected chi connectivity index (χ2v) is 6.64. The minimum absolute atomic E-state index is 0.410. The maximum absolute atomic E-state index is 4.43. The van der Waals surface area contributed by atoms with Crippen molar-refractivity contribution in [2.75, 3.05) is 6.54 Å². The molecule has 1 aromatic carbocycles. The summed E-state index contributed by atoms with van der Waals surface area (Å²) in [7, 11) is 0. The fourth-order valence-corrected chi connectivity index (χ4v) is 3.46. The highest BCUT2D eigenvalue weighted by molar-refractivity contribution is 5.20. The van der Waals surface area contributed by atoms with Crippen molar-refractivity contribution in [1.29, 1.82) is 0 Å². The van der Waals surface area contributed by atoms with E-state index >= 15 is 0 Å². The fourth-order valence-electron chi connectivity index (χ4n) is 3.46. The van der Waals surface area contributed by atoms with E-state index in [9.17, 15) is 0 Å². The molecule has 0 bridgehead atoms. The molecule has 22 heavy (non-hydrogen) atoms. The first-order valence-electron chi connectivity index (χ1n) is 8.85. The van der Waals surface area contributed by atoms with E-state index in [1.165, 1.54) is 43.2 Å². The molecule has 2 rings (SSSR count). The Kier molecular flexibility index (Phi) is 7.45. The molecule has 0 radical (unpaired) electrons. The Hall–Kier alpha value is -1.34. The van der Waals surface area contributed by atoms with Crippen LogP contribution in [-0.2, 0) is 6.42 Å². The number of nitrogens with one attached hydrogen (secondary N) is 1. The van der Waals surface area contributed by atoms with Gasteiger partial charge in [-0.1, -0.05) is 74.2 Å².